The summed E-state index contributed by atoms with van der Waals surface area (Å²) in [6.07, 6.45) is 5.00. The molecule has 1 saturated heterocycles. The van der Waals surface area contributed by atoms with Crippen LogP contribution in [0.25, 0.3) is 0 Å². The van der Waals surface area contributed by atoms with Crippen LogP contribution in [0.2, 0.25) is 0 Å². The minimum atomic E-state index is 0. The highest BCUT2D eigenvalue weighted by Gasteiger charge is 2.22. The fraction of sp³-hybridized carbons (Fsp3) is 0.304. The lowest BCUT2D eigenvalue weighted by atomic mass is 10.1. The Morgan fingerprint density at radius 3 is 2.55 bits per heavy atom. The van der Waals surface area contributed by atoms with Crippen LogP contribution in [0.1, 0.15) is 28.8 Å². The Bertz CT molecular complexity index is 930. The third-order valence-corrected chi connectivity index (χ3v) is 5.33. The summed E-state index contributed by atoms with van der Waals surface area (Å²) < 4.78 is 2.17. The van der Waals surface area contributed by atoms with Gasteiger partial charge in [0.2, 0.25) is 0 Å². The summed E-state index contributed by atoms with van der Waals surface area (Å²) in [6, 6.07) is 21.1. The molecule has 1 N–H and O–H groups in total. The van der Waals surface area contributed by atoms with Crippen LogP contribution in [-0.4, -0.2) is 33.6 Å². The van der Waals surface area contributed by atoms with Gasteiger partial charge in [0.25, 0.3) is 0 Å². The number of aromatic nitrogens is 2. The van der Waals surface area contributed by atoms with Crippen LogP contribution in [-0.2, 0) is 19.6 Å². The molecule has 0 unspecified atom stereocenters. The number of nitrogens with zero attached hydrogens (tertiary/aromatic N) is 4. The lowest BCUT2D eigenvalue weighted by Gasteiger charge is -2.17. The second-order valence-electron chi connectivity index (χ2n) is 7.41. The number of hydrogen-bond donors (Lipinski definition) is 1. The summed E-state index contributed by atoms with van der Waals surface area (Å²) in [5.74, 6) is 0. The van der Waals surface area contributed by atoms with Crippen LogP contribution in [0.3, 0.4) is 0 Å². The van der Waals surface area contributed by atoms with Gasteiger partial charge in [0, 0.05) is 45.0 Å². The predicted molar refractivity (Wildman–Crippen MR) is 117 cm³/mol. The van der Waals surface area contributed by atoms with E-state index < -0.39 is 0 Å². The lowest BCUT2D eigenvalue weighted by Crippen LogP contribution is -2.32. The molecule has 1 aliphatic heterocycles. The van der Waals surface area contributed by atoms with Crippen molar-refractivity contribution in [1.29, 1.82) is 5.26 Å². The fourth-order valence-corrected chi connectivity index (χ4v) is 3.75. The summed E-state index contributed by atoms with van der Waals surface area (Å²) in [5.41, 5.74) is 4.43. The topological polar surface area (TPSA) is 56.9 Å². The SMILES string of the molecule is Cl.N#Cc1ccc(Cn2cncc2CN[C@@H]2CCN(Cc3ccccc3)C2)cc1. The molecule has 6 heteroatoms. The van der Waals surface area contributed by atoms with Crippen molar-refractivity contribution in [2.75, 3.05) is 13.1 Å². The highest BCUT2D eigenvalue weighted by atomic mass is 35.5. The summed E-state index contributed by atoms with van der Waals surface area (Å²) in [5, 5.41) is 12.6. The molecule has 1 fully saturated rings. The fourth-order valence-electron chi connectivity index (χ4n) is 3.75. The number of rotatable bonds is 7. The van der Waals surface area contributed by atoms with Crippen molar-refractivity contribution >= 4 is 12.4 Å². The first-order valence-electron chi connectivity index (χ1n) is 9.78. The van der Waals surface area contributed by atoms with Crippen molar-refractivity contribution in [3.63, 3.8) is 0 Å². The number of likely N-dealkylation sites (tertiary alicyclic amines) is 1. The second kappa shape index (κ2) is 10.2. The Morgan fingerprint density at radius 1 is 1.03 bits per heavy atom. The molecule has 0 bridgehead atoms. The van der Waals surface area contributed by atoms with Gasteiger partial charge >= 0.3 is 0 Å². The maximum atomic E-state index is 8.93. The van der Waals surface area contributed by atoms with Gasteiger partial charge in [0.15, 0.2) is 0 Å². The van der Waals surface area contributed by atoms with E-state index in [0.29, 0.717) is 11.6 Å². The first-order valence-corrected chi connectivity index (χ1v) is 9.78. The van der Waals surface area contributed by atoms with Crippen molar-refractivity contribution in [2.45, 2.75) is 32.1 Å². The second-order valence-corrected chi connectivity index (χ2v) is 7.41. The van der Waals surface area contributed by atoms with Crippen LogP contribution >= 0.6 is 12.4 Å². The molecule has 29 heavy (non-hydrogen) atoms. The Labute approximate surface area is 178 Å². The number of halogens is 1. The average Bonchev–Trinajstić information content (AvgIpc) is 3.37. The average molecular weight is 408 g/mol. The minimum absolute atomic E-state index is 0. The zero-order valence-electron chi connectivity index (χ0n) is 16.4. The molecule has 5 nitrogen and oxygen atoms in total. The molecule has 0 saturated carbocycles. The summed E-state index contributed by atoms with van der Waals surface area (Å²) in [7, 11) is 0. The minimum Gasteiger partial charge on any atom is -0.329 e. The van der Waals surface area contributed by atoms with Crippen molar-refractivity contribution in [2.24, 2.45) is 0 Å². The zero-order valence-corrected chi connectivity index (χ0v) is 17.2. The molecule has 2 heterocycles. The molecule has 4 rings (SSSR count). The smallest absolute Gasteiger partial charge is 0.0991 e. The molecule has 0 amide bonds. The van der Waals surface area contributed by atoms with E-state index in [1.54, 1.807) is 0 Å². The molecule has 1 atom stereocenters. The van der Waals surface area contributed by atoms with Gasteiger partial charge in [-0.2, -0.15) is 5.26 Å². The monoisotopic (exact) mass is 407 g/mol. The van der Waals surface area contributed by atoms with Crippen LogP contribution in [0.5, 0.6) is 0 Å². The molecule has 1 aliphatic rings. The maximum Gasteiger partial charge on any atom is 0.0991 e. The Morgan fingerprint density at radius 2 is 1.79 bits per heavy atom. The first kappa shape index (κ1) is 21.1. The van der Waals surface area contributed by atoms with E-state index in [-0.39, 0.29) is 12.4 Å². The van der Waals surface area contributed by atoms with Crippen LogP contribution in [0, 0.1) is 11.3 Å². The van der Waals surface area contributed by atoms with Crippen molar-refractivity contribution in [3.8, 4) is 6.07 Å². The Balaban J connectivity index is 0.00000240. The van der Waals surface area contributed by atoms with E-state index in [1.165, 1.54) is 23.2 Å². The number of hydrogen-bond acceptors (Lipinski definition) is 4. The molecule has 0 spiro atoms. The molecular weight excluding hydrogens is 382 g/mol. The molecule has 0 radical (unpaired) electrons. The van der Waals surface area contributed by atoms with Crippen molar-refractivity contribution in [3.05, 3.63) is 89.5 Å². The molecular formula is C23H26ClN5. The number of nitriles is 1. The van der Waals surface area contributed by atoms with E-state index in [0.717, 1.165) is 32.7 Å². The zero-order chi connectivity index (χ0) is 19.2. The highest BCUT2D eigenvalue weighted by Crippen LogP contribution is 2.14. The number of nitrogens with one attached hydrogen (secondary N) is 1. The third kappa shape index (κ3) is 5.68. The molecule has 0 aliphatic carbocycles. The maximum absolute atomic E-state index is 8.93. The van der Waals surface area contributed by atoms with Gasteiger partial charge in [-0.25, -0.2) is 4.98 Å². The summed E-state index contributed by atoms with van der Waals surface area (Å²) >= 11 is 0. The predicted octanol–water partition coefficient (Wildman–Crippen LogP) is 3.59. The standard InChI is InChI=1S/C23H25N5.ClH/c24-12-19-6-8-21(9-7-19)16-28-18-25-13-23(28)14-26-22-10-11-27(17-22)15-20-4-2-1-3-5-20;/h1-9,13,18,22,26H,10-11,14-17H2;1H/t22-;/m1./s1. The van der Waals surface area contributed by atoms with Gasteiger partial charge < -0.3 is 9.88 Å². The van der Waals surface area contributed by atoms with Gasteiger partial charge in [0.1, 0.15) is 0 Å². The largest absolute Gasteiger partial charge is 0.329 e. The van der Waals surface area contributed by atoms with E-state index in [2.05, 4.69) is 56.2 Å². The van der Waals surface area contributed by atoms with Gasteiger partial charge in [-0.15, -0.1) is 12.4 Å². The molecule has 150 valence electrons. The number of imidazole rings is 1. The quantitative estimate of drug-likeness (QED) is 0.650. The van der Waals surface area contributed by atoms with Crippen LogP contribution in [0.4, 0.5) is 0 Å². The van der Waals surface area contributed by atoms with E-state index in [4.69, 9.17) is 5.26 Å². The Hall–Kier alpha value is -2.65. The molecule has 2 aromatic carbocycles. The van der Waals surface area contributed by atoms with E-state index >= 15 is 0 Å². The summed E-state index contributed by atoms with van der Waals surface area (Å²) in [4.78, 5) is 6.84. The van der Waals surface area contributed by atoms with Gasteiger partial charge in [0.05, 0.1) is 23.7 Å². The van der Waals surface area contributed by atoms with Gasteiger partial charge in [-0.1, -0.05) is 42.5 Å². The van der Waals surface area contributed by atoms with Crippen LogP contribution < -0.4 is 5.32 Å². The molecule has 1 aromatic heterocycles. The van der Waals surface area contributed by atoms with Crippen molar-refractivity contribution < 1.29 is 0 Å². The lowest BCUT2D eigenvalue weighted by molar-refractivity contribution is 0.319. The van der Waals surface area contributed by atoms with Crippen molar-refractivity contribution in [1.82, 2.24) is 19.8 Å². The number of benzene rings is 2. The Kier molecular flexibility index (Phi) is 7.42. The summed E-state index contributed by atoms with van der Waals surface area (Å²) in [6.45, 7) is 4.83. The van der Waals surface area contributed by atoms with E-state index in [1.807, 2.05) is 36.8 Å². The third-order valence-electron chi connectivity index (χ3n) is 5.33. The van der Waals surface area contributed by atoms with Gasteiger partial charge in [-0.3, -0.25) is 4.90 Å². The normalized spacial score (nSPS) is 16.3. The molecule has 3 aromatic rings. The van der Waals surface area contributed by atoms with Gasteiger partial charge in [-0.05, 0) is 29.7 Å². The first-order chi connectivity index (χ1) is 13.8. The highest BCUT2D eigenvalue weighted by molar-refractivity contribution is 5.85. The van der Waals surface area contributed by atoms with Crippen LogP contribution in [0.15, 0.2) is 67.1 Å². The van der Waals surface area contributed by atoms with E-state index in [9.17, 15) is 0 Å².